The Balaban J connectivity index is 1.63. The zero-order valence-corrected chi connectivity index (χ0v) is 14.4. The zero-order chi connectivity index (χ0) is 16.8. The van der Waals surface area contributed by atoms with Gasteiger partial charge < -0.3 is 5.32 Å². The van der Waals surface area contributed by atoms with E-state index in [9.17, 15) is 4.79 Å². The monoisotopic (exact) mass is 339 g/mol. The molecular formula is C21H22ClNO. The number of halogens is 1. The van der Waals surface area contributed by atoms with Gasteiger partial charge in [0.2, 0.25) is 5.91 Å². The lowest BCUT2D eigenvalue weighted by atomic mass is 9.79. The Bertz CT molecular complexity index is 700. The Kier molecular flexibility index (Phi) is 5.37. The fraction of sp³-hybridized carbons (Fsp3) is 0.286. The highest BCUT2D eigenvalue weighted by Crippen LogP contribution is 2.40. The van der Waals surface area contributed by atoms with Crippen molar-refractivity contribution in [3.8, 4) is 0 Å². The summed E-state index contributed by atoms with van der Waals surface area (Å²) in [6.07, 6.45) is 8.14. The first kappa shape index (κ1) is 16.8. The summed E-state index contributed by atoms with van der Waals surface area (Å²) in [6, 6.07) is 18.0. The molecule has 2 aromatic rings. The van der Waals surface area contributed by atoms with Crippen LogP contribution in [0.2, 0.25) is 5.02 Å². The van der Waals surface area contributed by atoms with E-state index in [2.05, 4.69) is 29.6 Å². The second-order valence-electron chi connectivity index (χ2n) is 6.46. The maximum Gasteiger partial charge on any atom is 0.244 e. The van der Waals surface area contributed by atoms with Crippen molar-refractivity contribution in [2.24, 2.45) is 0 Å². The van der Waals surface area contributed by atoms with Gasteiger partial charge in [-0.1, -0.05) is 66.9 Å². The number of hydrogen-bond acceptors (Lipinski definition) is 1. The van der Waals surface area contributed by atoms with E-state index in [0.29, 0.717) is 11.6 Å². The first-order valence-electron chi connectivity index (χ1n) is 8.45. The van der Waals surface area contributed by atoms with Crippen molar-refractivity contribution < 1.29 is 4.79 Å². The average Bonchev–Trinajstić information content (AvgIpc) is 3.10. The molecule has 124 valence electrons. The number of amides is 1. The second-order valence-corrected chi connectivity index (χ2v) is 6.89. The zero-order valence-electron chi connectivity index (χ0n) is 13.7. The molecule has 1 saturated carbocycles. The summed E-state index contributed by atoms with van der Waals surface area (Å²) in [7, 11) is 0. The van der Waals surface area contributed by atoms with Crippen molar-refractivity contribution >= 4 is 23.6 Å². The van der Waals surface area contributed by atoms with E-state index in [-0.39, 0.29) is 11.3 Å². The van der Waals surface area contributed by atoms with E-state index in [1.165, 1.54) is 18.4 Å². The molecule has 0 aromatic heterocycles. The molecule has 0 spiro atoms. The van der Waals surface area contributed by atoms with Gasteiger partial charge >= 0.3 is 0 Å². The Morgan fingerprint density at radius 1 is 1.04 bits per heavy atom. The van der Waals surface area contributed by atoms with Gasteiger partial charge in [0, 0.05) is 23.1 Å². The van der Waals surface area contributed by atoms with Crippen LogP contribution in [0.3, 0.4) is 0 Å². The molecule has 0 saturated heterocycles. The van der Waals surface area contributed by atoms with Crippen molar-refractivity contribution in [1.82, 2.24) is 5.32 Å². The topological polar surface area (TPSA) is 29.1 Å². The molecule has 1 fully saturated rings. The van der Waals surface area contributed by atoms with Gasteiger partial charge in [0.05, 0.1) is 0 Å². The molecule has 2 nitrogen and oxygen atoms in total. The van der Waals surface area contributed by atoms with Crippen LogP contribution >= 0.6 is 11.6 Å². The SMILES string of the molecule is O=C(/C=C\c1ccc(Cl)cc1)NCC1(c2ccccc2)CCCC1. The fourth-order valence-corrected chi connectivity index (χ4v) is 3.60. The van der Waals surface area contributed by atoms with E-state index in [4.69, 9.17) is 11.6 Å². The molecule has 0 aliphatic heterocycles. The molecule has 0 bridgehead atoms. The Morgan fingerprint density at radius 3 is 2.38 bits per heavy atom. The van der Waals surface area contributed by atoms with Crippen LogP contribution in [0, 0.1) is 0 Å². The lowest BCUT2D eigenvalue weighted by Gasteiger charge is -2.29. The van der Waals surface area contributed by atoms with Gasteiger partial charge in [-0.3, -0.25) is 4.79 Å². The van der Waals surface area contributed by atoms with Gasteiger partial charge in [-0.15, -0.1) is 0 Å². The third-order valence-corrected chi connectivity index (χ3v) is 5.10. The number of hydrogen-bond donors (Lipinski definition) is 1. The maximum absolute atomic E-state index is 12.2. The van der Waals surface area contributed by atoms with E-state index in [1.807, 2.05) is 36.4 Å². The molecule has 1 aliphatic rings. The van der Waals surface area contributed by atoms with Gasteiger partial charge in [-0.05, 0) is 42.2 Å². The highest BCUT2D eigenvalue weighted by Gasteiger charge is 2.35. The van der Waals surface area contributed by atoms with Crippen LogP contribution in [0.4, 0.5) is 0 Å². The van der Waals surface area contributed by atoms with E-state index in [0.717, 1.165) is 18.4 Å². The number of carbonyl (C=O) groups excluding carboxylic acids is 1. The molecule has 1 aliphatic carbocycles. The molecule has 0 heterocycles. The van der Waals surface area contributed by atoms with Crippen LogP contribution in [-0.2, 0) is 10.2 Å². The predicted octanol–water partition coefficient (Wildman–Crippen LogP) is 4.98. The lowest BCUT2D eigenvalue weighted by molar-refractivity contribution is -0.116. The molecule has 0 radical (unpaired) electrons. The van der Waals surface area contributed by atoms with Crippen molar-refractivity contribution in [3.63, 3.8) is 0 Å². The highest BCUT2D eigenvalue weighted by atomic mass is 35.5. The second kappa shape index (κ2) is 7.67. The summed E-state index contributed by atoms with van der Waals surface area (Å²) >= 11 is 5.87. The van der Waals surface area contributed by atoms with Gasteiger partial charge in [0.15, 0.2) is 0 Å². The summed E-state index contributed by atoms with van der Waals surface area (Å²) in [5, 5.41) is 3.79. The minimum Gasteiger partial charge on any atom is -0.352 e. The molecule has 1 N–H and O–H groups in total. The Labute approximate surface area is 148 Å². The smallest absolute Gasteiger partial charge is 0.244 e. The summed E-state index contributed by atoms with van der Waals surface area (Å²) in [4.78, 5) is 12.2. The van der Waals surface area contributed by atoms with Crippen LogP contribution in [0.15, 0.2) is 60.7 Å². The summed E-state index contributed by atoms with van der Waals surface area (Å²) in [6.45, 7) is 0.695. The van der Waals surface area contributed by atoms with Crippen LogP contribution in [0.1, 0.15) is 36.8 Å². The first-order chi connectivity index (χ1) is 11.7. The molecule has 0 unspecified atom stereocenters. The molecule has 3 rings (SSSR count). The van der Waals surface area contributed by atoms with E-state index in [1.54, 1.807) is 6.08 Å². The van der Waals surface area contributed by atoms with Gasteiger partial charge in [0.1, 0.15) is 0 Å². The largest absolute Gasteiger partial charge is 0.352 e. The molecule has 1 amide bonds. The minimum atomic E-state index is -0.0489. The number of nitrogens with one attached hydrogen (secondary N) is 1. The predicted molar refractivity (Wildman–Crippen MR) is 100 cm³/mol. The highest BCUT2D eigenvalue weighted by molar-refractivity contribution is 6.30. The molecular weight excluding hydrogens is 318 g/mol. The van der Waals surface area contributed by atoms with Gasteiger partial charge in [-0.25, -0.2) is 0 Å². The Hall–Kier alpha value is -2.06. The lowest BCUT2D eigenvalue weighted by Crippen LogP contribution is -2.38. The number of rotatable bonds is 5. The quantitative estimate of drug-likeness (QED) is 0.764. The molecule has 2 aromatic carbocycles. The van der Waals surface area contributed by atoms with Crippen LogP contribution in [0.25, 0.3) is 6.08 Å². The first-order valence-corrected chi connectivity index (χ1v) is 8.83. The van der Waals surface area contributed by atoms with Crippen molar-refractivity contribution in [2.45, 2.75) is 31.1 Å². The maximum atomic E-state index is 12.2. The van der Waals surface area contributed by atoms with Gasteiger partial charge in [-0.2, -0.15) is 0 Å². The van der Waals surface area contributed by atoms with E-state index >= 15 is 0 Å². The third-order valence-electron chi connectivity index (χ3n) is 4.84. The minimum absolute atomic E-state index is 0.0489. The normalized spacial score (nSPS) is 16.4. The van der Waals surface area contributed by atoms with Crippen molar-refractivity contribution in [2.75, 3.05) is 6.54 Å². The third kappa shape index (κ3) is 4.07. The van der Waals surface area contributed by atoms with Crippen molar-refractivity contribution in [1.29, 1.82) is 0 Å². The van der Waals surface area contributed by atoms with Crippen LogP contribution in [0.5, 0.6) is 0 Å². The fourth-order valence-electron chi connectivity index (χ4n) is 3.47. The van der Waals surface area contributed by atoms with Crippen molar-refractivity contribution in [3.05, 3.63) is 76.8 Å². The summed E-state index contributed by atoms with van der Waals surface area (Å²) in [5.74, 6) is -0.0489. The van der Waals surface area contributed by atoms with Crippen LogP contribution in [-0.4, -0.2) is 12.5 Å². The standard InChI is InChI=1S/C21H22ClNO/c22-19-11-8-17(9-12-19)10-13-20(24)23-16-21(14-4-5-15-21)18-6-2-1-3-7-18/h1-3,6-13H,4-5,14-16H2,(H,23,24)/b13-10-. The molecule has 0 atom stereocenters. The molecule has 24 heavy (non-hydrogen) atoms. The summed E-state index contributed by atoms with van der Waals surface area (Å²) in [5.41, 5.74) is 2.39. The van der Waals surface area contributed by atoms with Gasteiger partial charge in [0.25, 0.3) is 0 Å². The molecule has 3 heteroatoms. The van der Waals surface area contributed by atoms with E-state index < -0.39 is 0 Å². The van der Waals surface area contributed by atoms with Crippen LogP contribution < -0.4 is 5.32 Å². The number of carbonyl (C=O) groups is 1. The average molecular weight is 340 g/mol. The summed E-state index contributed by atoms with van der Waals surface area (Å²) < 4.78 is 0. The Morgan fingerprint density at radius 2 is 1.71 bits per heavy atom. The number of benzene rings is 2.